The molecule has 2 rings (SSSR count). The van der Waals surface area contributed by atoms with Gasteiger partial charge in [0, 0.05) is 12.1 Å². The first-order valence-corrected chi connectivity index (χ1v) is 12.4. The second-order valence-corrected chi connectivity index (χ2v) is 13.4. The molecule has 0 heterocycles. The van der Waals surface area contributed by atoms with Crippen molar-refractivity contribution in [1.29, 1.82) is 0 Å². The van der Waals surface area contributed by atoms with Crippen molar-refractivity contribution in [3.8, 4) is 5.75 Å². The van der Waals surface area contributed by atoms with E-state index in [2.05, 4.69) is 33.9 Å². The summed E-state index contributed by atoms with van der Waals surface area (Å²) in [5.41, 5.74) is -0.214. The second kappa shape index (κ2) is 9.94. The second-order valence-electron chi connectivity index (χ2n) is 8.68. The average molecular weight is 470 g/mol. The Bertz CT molecular complexity index is 795. The quantitative estimate of drug-likeness (QED) is 0.257. The Morgan fingerprint density at radius 2 is 1.71 bits per heavy atom. The maximum atomic E-state index is 13.5. The Kier molecular flexibility index (Phi) is 8.60. The molecular weight excluding hydrogens is 442 g/mol. The molecule has 1 fully saturated rings. The van der Waals surface area contributed by atoms with Gasteiger partial charge in [-0.2, -0.15) is 13.2 Å². The van der Waals surface area contributed by atoms with Gasteiger partial charge in [0.05, 0.1) is 11.0 Å². The topological polar surface area (TPSA) is 98.9 Å². The number of carboxylic acids is 1. The number of alkyl halides is 3. The molecule has 2 atom stereocenters. The molecule has 1 aliphatic rings. The number of nitrogens with zero attached hydrogens (tertiary/aromatic N) is 1. The molecule has 1 aliphatic carbocycles. The fourth-order valence-electron chi connectivity index (χ4n) is 2.61. The van der Waals surface area contributed by atoms with Crippen molar-refractivity contribution in [3.63, 3.8) is 0 Å². The van der Waals surface area contributed by atoms with Crippen LogP contribution in [0.1, 0.15) is 40.0 Å². The van der Waals surface area contributed by atoms with Crippen molar-refractivity contribution in [1.82, 2.24) is 0 Å². The van der Waals surface area contributed by atoms with Gasteiger partial charge in [0.25, 0.3) is 0 Å². The molecular formula is C19H27F4NO6Si. The molecule has 0 spiro atoms. The van der Waals surface area contributed by atoms with Crippen molar-refractivity contribution < 1.29 is 41.5 Å². The minimum Gasteiger partial charge on any atom is -0.481 e. The lowest BCUT2D eigenvalue weighted by molar-refractivity contribution is -0.386. The van der Waals surface area contributed by atoms with Gasteiger partial charge >= 0.3 is 17.8 Å². The lowest BCUT2D eigenvalue weighted by atomic mass is 10.2. The van der Waals surface area contributed by atoms with Crippen LogP contribution in [0.15, 0.2) is 18.2 Å². The zero-order valence-electron chi connectivity index (χ0n) is 18.0. The van der Waals surface area contributed by atoms with Crippen LogP contribution in [-0.4, -0.2) is 42.7 Å². The van der Waals surface area contributed by atoms with Gasteiger partial charge in [-0.25, -0.2) is 9.18 Å². The number of carbonyl (C=O) groups is 1. The predicted octanol–water partition coefficient (Wildman–Crippen LogP) is 5.69. The summed E-state index contributed by atoms with van der Waals surface area (Å²) in [5, 5.41) is 18.3. The van der Waals surface area contributed by atoms with Gasteiger partial charge in [0.15, 0.2) is 14.1 Å². The molecule has 1 saturated carbocycles. The van der Waals surface area contributed by atoms with Gasteiger partial charge in [0.2, 0.25) is 0 Å². The Balaban J connectivity index is 0.000000592. The zero-order chi connectivity index (χ0) is 24.2. The van der Waals surface area contributed by atoms with Gasteiger partial charge in [-0.3, -0.25) is 10.1 Å². The smallest absolute Gasteiger partial charge is 0.481 e. The van der Waals surface area contributed by atoms with Crippen LogP contribution >= 0.6 is 0 Å². The standard InChI is InChI=1S/C17H26FNO4Si.C2HF3O2/c1-17(2,3)24(4,5)23-15-8-6-7-14(15)22-16-11-12(18)9-10-13(16)19(20)21;3-2(4,5)1(6)7/h9-11,14-15H,6-8H2,1-5H3;(H,6,7)/t14-,15-;/m0./s1. The van der Waals surface area contributed by atoms with Crippen molar-refractivity contribution >= 4 is 20.0 Å². The maximum absolute atomic E-state index is 13.5. The molecule has 0 aromatic heterocycles. The first-order valence-electron chi connectivity index (χ1n) is 9.54. The van der Waals surface area contributed by atoms with Crippen molar-refractivity contribution in [2.45, 2.75) is 76.6 Å². The number of nitro groups is 1. The summed E-state index contributed by atoms with van der Waals surface area (Å²) in [4.78, 5) is 19.5. The summed E-state index contributed by atoms with van der Waals surface area (Å²) in [6.07, 6.45) is -2.91. The van der Waals surface area contributed by atoms with Gasteiger partial charge in [0.1, 0.15) is 11.9 Å². The van der Waals surface area contributed by atoms with Crippen molar-refractivity contribution in [2.75, 3.05) is 0 Å². The average Bonchev–Trinajstić information content (AvgIpc) is 2.99. The number of benzene rings is 1. The fourth-order valence-corrected chi connectivity index (χ4v) is 3.99. The molecule has 0 unspecified atom stereocenters. The number of aliphatic carboxylic acids is 1. The molecule has 0 radical (unpaired) electrons. The van der Waals surface area contributed by atoms with Gasteiger partial charge in [-0.05, 0) is 43.5 Å². The van der Waals surface area contributed by atoms with E-state index in [9.17, 15) is 27.7 Å². The number of carboxylic acid groups (broad SMARTS) is 1. The van der Waals surface area contributed by atoms with Crippen LogP contribution in [0.2, 0.25) is 18.1 Å². The summed E-state index contributed by atoms with van der Waals surface area (Å²) in [6.45, 7) is 10.9. The maximum Gasteiger partial charge on any atom is 0.490 e. The van der Waals surface area contributed by atoms with Gasteiger partial charge in [-0.15, -0.1) is 0 Å². The highest BCUT2D eigenvalue weighted by Gasteiger charge is 2.43. The normalized spacial score (nSPS) is 19.4. The summed E-state index contributed by atoms with van der Waals surface area (Å²) >= 11 is 0. The fraction of sp³-hybridized carbons (Fsp3) is 0.632. The number of hydrogen-bond donors (Lipinski definition) is 1. The third-order valence-electron chi connectivity index (χ3n) is 5.28. The molecule has 0 aliphatic heterocycles. The third kappa shape index (κ3) is 7.76. The van der Waals surface area contributed by atoms with Crippen LogP contribution in [0.25, 0.3) is 0 Å². The largest absolute Gasteiger partial charge is 0.490 e. The molecule has 1 N–H and O–H groups in total. The van der Waals surface area contributed by atoms with Crippen LogP contribution < -0.4 is 4.74 Å². The summed E-state index contributed by atoms with van der Waals surface area (Å²) < 4.78 is 57.5. The lowest BCUT2D eigenvalue weighted by Gasteiger charge is -2.39. The summed E-state index contributed by atoms with van der Waals surface area (Å²) in [5.74, 6) is -3.32. The van der Waals surface area contributed by atoms with Gasteiger partial charge < -0.3 is 14.3 Å². The van der Waals surface area contributed by atoms with E-state index in [1.807, 2.05) is 0 Å². The van der Waals surface area contributed by atoms with Crippen LogP contribution in [-0.2, 0) is 9.22 Å². The highest BCUT2D eigenvalue weighted by molar-refractivity contribution is 6.74. The van der Waals surface area contributed by atoms with E-state index < -0.39 is 31.2 Å². The molecule has 0 amide bonds. The molecule has 0 saturated heterocycles. The van der Waals surface area contributed by atoms with E-state index in [1.165, 1.54) is 0 Å². The molecule has 1 aromatic carbocycles. The van der Waals surface area contributed by atoms with Crippen LogP contribution in [0.5, 0.6) is 5.75 Å². The van der Waals surface area contributed by atoms with E-state index in [1.54, 1.807) is 0 Å². The molecule has 1 aromatic rings. The lowest BCUT2D eigenvalue weighted by Crippen LogP contribution is -2.46. The number of nitro benzene ring substituents is 1. The molecule has 31 heavy (non-hydrogen) atoms. The minimum atomic E-state index is -5.08. The summed E-state index contributed by atoms with van der Waals surface area (Å²) in [7, 11) is -1.96. The van der Waals surface area contributed by atoms with Gasteiger partial charge in [-0.1, -0.05) is 20.8 Å². The minimum absolute atomic E-state index is 0.0178. The summed E-state index contributed by atoms with van der Waals surface area (Å²) in [6, 6.07) is 3.30. The molecule has 12 heteroatoms. The SMILES string of the molecule is CC(C)(C)[Si](C)(C)O[C@H]1CCC[C@@H]1Oc1cc(F)ccc1[N+](=O)[O-].O=C(O)C(F)(F)F. The highest BCUT2D eigenvalue weighted by atomic mass is 28.4. The van der Waals surface area contributed by atoms with Crippen LogP contribution in [0.3, 0.4) is 0 Å². The van der Waals surface area contributed by atoms with E-state index in [-0.39, 0.29) is 28.7 Å². The number of ether oxygens (including phenoxy) is 1. The predicted molar refractivity (Wildman–Crippen MR) is 107 cm³/mol. The Morgan fingerprint density at radius 3 is 2.16 bits per heavy atom. The first-order chi connectivity index (χ1) is 14.0. The molecule has 0 bridgehead atoms. The van der Waals surface area contributed by atoms with Crippen molar-refractivity contribution in [2.24, 2.45) is 0 Å². The Labute approximate surface area is 178 Å². The molecule has 7 nitrogen and oxygen atoms in total. The van der Waals surface area contributed by atoms with Crippen LogP contribution in [0, 0.1) is 15.9 Å². The first kappa shape index (κ1) is 26.8. The van der Waals surface area contributed by atoms with E-state index in [0.717, 1.165) is 37.5 Å². The van der Waals surface area contributed by atoms with E-state index >= 15 is 0 Å². The highest BCUT2D eigenvalue weighted by Crippen LogP contribution is 2.40. The zero-order valence-corrected chi connectivity index (χ0v) is 19.0. The number of rotatable bonds is 5. The van der Waals surface area contributed by atoms with Crippen LogP contribution in [0.4, 0.5) is 23.2 Å². The molecule has 176 valence electrons. The number of halogens is 4. The monoisotopic (exact) mass is 469 g/mol. The van der Waals surface area contributed by atoms with E-state index in [0.29, 0.717) is 0 Å². The van der Waals surface area contributed by atoms with E-state index in [4.69, 9.17) is 19.1 Å². The number of hydrogen-bond acceptors (Lipinski definition) is 5. The van der Waals surface area contributed by atoms with Crippen molar-refractivity contribution in [3.05, 3.63) is 34.1 Å². The Morgan fingerprint density at radius 1 is 1.19 bits per heavy atom. The third-order valence-corrected chi connectivity index (χ3v) is 9.79. The Hall–Kier alpha value is -2.21.